The van der Waals surface area contributed by atoms with Crippen LogP contribution in [0, 0.1) is 5.92 Å². The lowest BCUT2D eigenvalue weighted by Gasteiger charge is -2.39. The third-order valence-corrected chi connectivity index (χ3v) is 5.78. The molecule has 5 rings (SSSR count). The number of halogens is 1. The second-order valence-electron chi connectivity index (χ2n) is 7.94. The fraction of sp³-hybridized carbons (Fsp3) is 0.286. The first-order valence-corrected chi connectivity index (χ1v) is 9.64. The van der Waals surface area contributed by atoms with Crippen LogP contribution in [-0.2, 0) is 0 Å². The van der Waals surface area contributed by atoms with Gasteiger partial charge in [-0.05, 0) is 31.1 Å². The van der Waals surface area contributed by atoms with E-state index in [-0.39, 0.29) is 23.2 Å². The minimum atomic E-state index is -1.10. The van der Waals surface area contributed by atoms with Crippen molar-refractivity contribution in [2.45, 2.75) is 31.1 Å². The Bertz CT molecular complexity index is 1130. The molecule has 9 heteroatoms. The van der Waals surface area contributed by atoms with Gasteiger partial charge in [-0.15, -0.1) is 15.3 Å². The number of alkyl halides is 1. The van der Waals surface area contributed by atoms with Crippen molar-refractivity contribution >= 4 is 5.57 Å². The van der Waals surface area contributed by atoms with Gasteiger partial charge < -0.3 is 5.11 Å². The van der Waals surface area contributed by atoms with Crippen molar-refractivity contribution in [3.63, 3.8) is 0 Å². The molecule has 2 N–H and O–H groups in total. The van der Waals surface area contributed by atoms with Crippen molar-refractivity contribution in [3.05, 3.63) is 61.3 Å². The molecular weight excluding hydrogens is 385 g/mol. The maximum Gasteiger partial charge on any atom is 0.177 e. The summed E-state index contributed by atoms with van der Waals surface area (Å²) < 4.78 is 16.4. The Hall–Kier alpha value is -3.46. The summed E-state index contributed by atoms with van der Waals surface area (Å²) in [6.07, 6.45) is 8.13. The summed E-state index contributed by atoms with van der Waals surface area (Å²) in [5.41, 5.74) is 1.84. The molecule has 2 aliphatic rings. The van der Waals surface area contributed by atoms with Crippen LogP contribution in [0.25, 0.3) is 22.5 Å². The Kier molecular flexibility index (Phi) is 4.21. The van der Waals surface area contributed by atoms with E-state index in [1.807, 2.05) is 19.1 Å². The van der Waals surface area contributed by atoms with Gasteiger partial charge >= 0.3 is 0 Å². The molecule has 0 amide bonds. The highest BCUT2D eigenvalue weighted by atomic mass is 19.1. The number of benzene rings is 1. The van der Waals surface area contributed by atoms with Crippen LogP contribution in [0.2, 0.25) is 0 Å². The molecule has 0 aliphatic carbocycles. The summed E-state index contributed by atoms with van der Waals surface area (Å²) in [7, 11) is 0. The number of phenols is 1. The van der Waals surface area contributed by atoms with Crippen molar-refractivity contribution in [1.82, 2.24) is 35.5 Å². The molecule has 0 spiro atoms. The Morgan fingerprint density at radius 1 is 1.37 bits per heavy atom. The normalized spacial score (nSPS) is 27.3. The van der Waals surface area contributed by atoms with Crippen LogP contribution in [0.15, 0.2) is 55.5 Å². The minimum absolute atomic E-state index is 0.0171. The van der Waals surface area contributed by atoms with E-state index in [9.17, 15) is 9.50 Å². The van der Waals surface area contributed by atoms with E-state index in [2.05, 4.69) is 37.4 Å². The van der Waals surface area contributed by atoms with Crippen LogP contribution < -0.4 is 5.32 Å². The lowest BCUT2D eigenvalue weighted by atomic mass is 9.79. The standard InChI is InChI=1S/C21H20FN7O/c1-12(15-10-21(2)6-5-16(25-21)19(15)22)20-23-11-17(26-27-20)14-4-3-13(9-18(14)30)29-8-7-24-28-29/h3-9,11,15-16,19,25,30H,1,10H2,2H3/t15-,16-,19-,21+/m1/s1. The zero-order chi connectivity index (χ0) is 20.9. The Labute approximate surface area is 172 Å². The SMILES string of the molecule is C=C(c1ncc(-c2ccc(-n3ccnn3)cc2O)nn1)[C@H]1C[C@]2(C)C=C[C@@H](N2)[C@@H]1F. The summed E-state index contributed by atoms with van der Waals surface area (Å²) in [5.74, 6) is -0.0577. The summed E-state index contributed by atoms with van der Waals surface area (Å²) >= 11 is 0. The smallest absolute Gasteiger partial charge is 0.177 e. The molecule has 0 unspecified atom stereocenters. The van der Waals surface area contributed by atoms with Crippen LogP contribution >= 0.6 is 0 Å². The number of piperidine rings is 1. The average Bonchev–Trinajstić information content (AvgIpc) is 3.39. The first kappa shape index (κ1) is 18.6. The summed E-state index contributed by atoms with van der Waals surface area (Å²) in [4.78, 5) is 4.35. The highest BCUT2D eigenvalue weighted by Crippen LogP contribution is 2.41. The molecule has 1 aromatic carbocycles. The third-order valence-electron chi connectivity index (χ3n) is 5.78. The molecule has 4 atom stereocenters. The lowest BCUT2D eigenvalue weighted by Crippen LogP contribution is -2.54. The third kappa shape index (κ3) is 3.07. The lowest BCUT2D eigenvalue weighted by molar-refractivity contribution is 0.146. The summed E-state index contributed by atoms with van der Waals surface area (Å²) in [5, 5.41) is 29.7. The number of hydrogen-bond donors (Lipinski definition) is 2. The van der Waals surface area contributed by atoms with Crippen molar-refractivity contribution in [3.8, 4) is 22.7 Å². The molecule has 2 bridgehead atoms. The molecule has 152 valence electrons. The molecule has 2 aliphatic heterocycles. The largest absolute Gasteiger partial charge is 0.507 e. The van der Waals surface area contributed by atoms with E-state index < -0.39 is 6.17 Å². The van der Waals surface area contributed by atoms with E-state index in [1.165, 1.54) is 10.9 Å². The molecule has 2 aromatic heterocycles. The van der Waals surface area contributed by atoms with Crippen LogP contribution in [0.4, 0.5) is 4.39 Å². The van der Waals surface area contributed by atoms with Crippen molar-refractivity contribution in [2.24, 2.45) is 5.92 Å². The van der Waals surface area contributed by atoms with Crippen LogP contribution in [-0.4, -0.2) is 53.0 Å². The molecule has 1 saturated heterocycles. The monoisotopic (exact) mass is 405 g/mol. The van der Waals surface area contributed by atoms with Crippen molar-refractivity contribution < 1.29 is 9.50 Å². The van der Waals surface area contributed by atoms with Crippen LogP contribution in [0.3, 0.4) is 0 Å². The number of allylic oxidation sites excluding steroid dienone is 1. The van der Waals surface area contributed by atoms with Crippen molar-refractivity contribution in [1.29, 1.82) is 0 Å². The van der Waals surface area contributed by atoms with E-state index in [1.54, 1.807) is 30.6 Å². The van der Waals surface area contributed by atoms with E-state index >= 15 is 0 Å². The first-order chi connectivity index (χ1) is 14.4. The predicted molar refractivity (Wildman–Crippen MR) is 108 cm³/mol. The fourth-order valence-electron chi connectivity index (χ4n) is 4.18. The van der Waals surface area contributed by atoms with Gasteiger partial charge in [0.05, 0.1) is 30.3 Å². The summed E-state index contributed by atoms with van der Waals surface area (Å²) in [6.45, 7) is 6.11. The van der Waals surface area contributed by atoms with E-state index in [4.69, 9.17) is 0 Å². The van der Waals surface area contributed by atoms with Gasteiger partial charge in [-0.25, -0.2) is 14.1 Å². The van der Waals surface area contributed by atoms with Gasteiger partial charge in [0.15, 0.2) is 5.82 Å². The number of hydrogen-bond acceptors (Lipinski definition) is 7. The van der Waals surface area contributed by atoms with Gasteiger partial charge in [0.2, 0.25) is 0 Å². The molecule has 0 radical (unpaired) electrons. The number of rotatable bonds is 4. The second-order valence-corrected chi connectivity index (χ2v) is 7.94. The maximum atomic E-state index is 14.9. The molecule has 0 saturated carbocycles. The molecular formula is C21H20FN7O. The van der Waals surface area contributed by atoms with Crippen LogP contribution in [0.5, 0.6) is 5.75 Å². The van der Waals surface area contributed by atoms with Gasteiger partial charge in [-0.2, -0.15) is 0 Å². The quantitative estimate of drug-likeness (QED) is 0.643. The highest BCUT2D eigenvalue weighted by Gasteiger charge is 2.46. The van der Waals surface area contributed by atoms with Gasteiger partial charge in [0.25, 0.3) is 0 Å². The molecule has 1 fully saturated rings. The molecule has 3 aromatic rings. The molecule has 8 nitrogen and oxygen atoms in total. The van der Waals surface area contributed by atoms with E-state index in [0.29, 0.717) is 34.8 Å². The number of nitrogens with zero attached hydrogens (tertiary/aromatic N) is 6. The zero-order valence-corrected chi connectivity index (χ0v) is 16.3. The number of nitrogens with one attached hydrogen (secondary N) is 1. The average molecular weight is 405 g/mol. The number of aromatic hydroxyl groups is 1. The topological polar surface area (TPSA) is 102 Å². The number of fused-ring (bicyclic) bond motifs is 2. The first-order valence-electron chi connectivity index (χ1n) is 9.64. The Morgan fingerprint density at radius 2 is 2.23 bits per heavy atom. The van der Waals surface area contributed by atoms with Gasteiger partial charge in [-0.1, -0.05) is 23.9 Å². The zero-order valence-electron chi connectivity index (χ0n) is 16.3. The van der Waals surface area contributed by atoms with Crippen LogP contribution in [0.1, 0.15) is 19.2 Å². The molecule has 4 heterocycles. The Balaban J connectivity index is 1.38. The number of aromatic nitrogens is 6. The van der Waals surface area contributed by atoms with Gasteiger partial charge in [0.1, 0.15) is 17.6 Å². The van der Waals surface area contributed by atoms with Crippen molar-refractivity contribution in [2.75, 3.05) is 0 Å². The van der Waals surface area contributed by atoms with Gasteiger partial charge in [-0.3, -0.25) is 5.32 Å². The fourth-order valence-corrected chi connectivity index (χ4v) is 4.18. The van der Waals surface area contributed by atoms with Gasteiger partial charge in [0, 0.05) is 23.1 Å². The highest BCUT2D eigenvalue weighted by molar-refractivity contribution is 5.68. The number of phenolic OH excluding ortho intramolecular Hbond substituents is 1. The van der Waals surface area contributed by atoms with E-state index in [0.717, 1.165) is 0 Å². The molecule has 30 heavy (non-hydrogen) atoms. The second kappa shape index (κ2) is 6.81. The predicted octanol–water partition coefficient (Wildman–Crippen LogP) is 2.48. The minimum Gasteiger partial charge on any atom is -0.507 e. The maximum absolute atomic E-state index is 14.9. The Morgan fingerprint density at radius 3 is 2.93 bits per heavy atom. The summed E-state index contributed by atoms with van der Waals surface area (Å²) in [6, 6.07) is 4.73.